The molecule has 6 nitrogen and oxygen atoms in total. The van der Waals surface area contributed by atoms with E-state index in [9.17, 15) is 8.42 Å². The van der Waals surface area contributed by atoms with Crippen molar-refractivity contribution in [2.45, 2.75) is 20.0 Å². The molecule has 1 aromatic carbocycles. The van der Waals surface area contributed by atoms with E-state index in [4.69, 9.17) is 4.74 Å². The van der Waals surface area contributed by atoms with Crippen molar-refractivity contribution in [1.82, 2.24) is 9.62 Å². The quantitative estimate of drug-likeness (QED) is 0.852. The molecular weight excluding hydrogens is 278 g/mol. The van der Waals surface area contributed by atoms with Gasteiger partial charge in [0.25, 0.3) is 0 Å². The number of ether oxygens (including phenoxy) is 1. The fraction of sp³-hybridized carbons (Fsp3) is 0.538. The Balaban J connectivity index is 2.16. The zero-order chi connectivity index (χ0) is 14.6. The number of nitrogens with one attached hydrogen (secondary N) is 2. The molecule has 1 heterocycles. The van der Waals surface area contributed by atoms with Crippen LogP contribution in [0.3, 0.4) is 0 Å². The molecule has 2 N–H and O–H groups in total. The largest absolute Gasteiger partial charge is 0.489 e. The van der Waals surface area contributed by atoms with Gasteiger partial charge >= 0.3 is 10.2 Å². The number of anilines is 1. The highest BCUT2D eigenvalue weighted by Crippen LogP contribution is 2.26. The number of benzene rings is 1. The minimum atomic E-state index is -3.53. The summed E-state index contributed by atoms with van der Waals surface area (Å²) in [6, 6.07) is 7.07. The van der Waals surface area contributed by atoms with E-state index in [1.165, 1.54) is 4.31 Å². The topological polar surface area (TPSA) is 70.7 Å². The van der Waals surface area contributed by atoms with Crippen LogP contribution in [0.1, 0.15) is 13.8 Å². The fourth-order valence-corrected chi connectivity index (χ4v) is 3.23. The first-order chi connectivity index (χ1) is 9.49. The van der Waals surface area contributed by atoms with E-state index in [0.29, 0.717) is 37.6 Å². The Morgan fingerprint density at radius 1 is 1.25 bits per heavy atom. The molecule has 0 bridgehead atoms. The molecule has 20 heavy (non-hydrogen) atoms. The molecule has 1 aromatic rings. The molecule has 0 unspecified atom stereocenters. The van der Waals surface area contributed by atoms with Gasteiger partial charge in [0.2, 0.25) is 0 Å². The molecule has 0 amide bonds. The van der Waals surface area contributed by atoms with E-state index >= 15 is 0 Å². The normalized spacial score (nSPS) is 17.1. The van der Waals surface area contributed by atoms with Crippen LogP contribution in [0.2, 0.25) is 0 Å². The molecule has 1 aliphatic rings. The van der Waals surface area contributed by atoms with Crippen LogP contribution in [0.15, 0.2) is 24.3 Å². The summed E-state index contributed by atoms with van der Waals surface area (Å²) in [6.07, 6.45) is -0.0140. The molecule has 0 saturated carbocycles. The van der Waals surface area contributed by atoms with Gasteiger partial charge in [-0.25, -0.2) is 0 Å². The summed E-state index contributed by atoms with van der Waals surface area (Å²) >= 11 is 0. The zero-order valence-electron chi connectivity index (χ0n) is 11.8. The average molecular weight is 299 g/mol. The standard InChI is InChI=1S/C13H21N3O3S/c1-11(2)19-13-6-4-3-5-12(13)15-20(17,18)16-9-7-14-8-10-16/h3-6,11,14-15H,7-10H2,1-2H3. The molecule has 2 rings (SSSR count). The van der Waals surface area contributed by atoms with Crippen molar-refractivity contribution in [1.29, 1.82) is 0 Å². The van der Waals surface area contributed by atoms with Crippen LogP contribution < -0.4 is 14.8 Å². The maximum Gasteiger partial charge on any atom is 0.301 e. The summed E-state index contributed by atoms with van der Waals surface area (Å²) in [4.78, 5) is 0. The third-order valence-electron chi connectivity index (χ3n) is 2.90. The van der Waals surface area contributed by atoms with E-state index in [1.807, 2.05) is 19.9 Å². The number of nitrogens with zero attached hydrogens (tertiary/aromatic N) is 1. The van der Waals surface area contributed by atoms with Crippen LogP contribution in [-0.2, 0) is 10.2 Å². The summed E-state index contributed by atoms with van der Waals surface area (Å²) in [7, 11) is -3.53. The van der Waals surface area contributed by atoms with Crippen LogP contribution >= 0.6 is 0 Å². The molecule has 7 heteroatoms. The molecule has 1 saturated heterocycles. The highest BCUT2D eigenvalue weighted by atomic mass is 32.2. The first kappa shape index (κ1) is 15.1. The maximum atomic E-state index is 12.3. The van der Waals surface area contributed by atoms with E-state index < -0.39 is 10.2 Å². The van der Waals surface area contributed by atoms with Gasteiger partial charge in [-0.15, -0.1) is 0 Å². The first-order valence-corrected chi connectivity index (χ1v) is 8.17. The monoisotopic (exact) mass is 299 g/mol. The molecule has 1 aliphatic heterocycles. The molecule has 1 fully saturated rings. The second-order valence-electron chi connectivity index (χ2n) is 4.92. The Hall–Kier alpha value is -1.31. The lowest BCUT2D eigenvalue weighted by Crippen LogP contribution is -2.48. The molecule has 0 spiro atoms. The molecule has 0 radical (unpaired) electrons. The maximum absolute atomic E-state index is 12.3. The van der Waals surface area contributed by atoms with Crippen molar-refractivity contribution in [2.75, 3.05) is 30.9 Å². The third-order valence-corrected chi connectivity index (χ3v) is 4.43. The Kier molecular flexibility index (Phi) is 4.85. The van der Waals surface area contributed by atoms with Gasteiger partial charge in [-0.1, -0.05) is 12.1 Å². The average Bonchev–Trinajstić information content (AvgIpc) is 2.41. The van der Waals surface area contributed by atoms with E-state index in [0.717, 1.165) is 0 Å². The van der Waals surface area contributed by atoms with Gasteiger partial charge in [0.15, 0.2) is 0 Å². The predicted octanol–water partition coefficient (Wildman–Crippen LogP) is 1.04. The molecule has 0 aromatic heterocycles. The van der Waals surface area contributed by atoms with Gasteiger partial charge in [0, 0.05) is 26.2 Å². The van der Waals surface area contributed by atoms with Crippen molar-refractivity contribution >= 4 is 15.9 Å². The van der Waals surface area contributed by atoms with Crippen LogP contribution in [0.25, 0.3) is 0 Å². The summed E-state index contributed by atoms with van der Waals surface area (Å²) in [6.45, 7) is 6.10. The number of para-hydroxylation sites is 2. The van der Waals surface area contributed by atoms with Crippen LogP contribution in [0, 0.1) is 0 Å². The smallest absolute Gasteiger partial charge is 0.301 e. The number of hydrogen-bond acceptors (Lipinski definition) is 4. The Morgan fingerprint density at radius 2 is 1.90 bits per heavy atom. The van der Waals surface area contributed by atoms with Gasteiger partial charge in [0.05, 0.1) is 11.8 Å². The third kappa shape index (κ3) is 3.84. The predicted molar refractivity (Wildman–Crippen MR) is 79.2 cm³/mol. The van der Waals surface area contributed by atoms with Gasteiger partial charge in [-0.05, 0) is 26.0 Å². The van der Waals surface area contributed by atoms with Gasteiger partial charge < -0.3 is 10.1 Å². The minimum absolute atomic E-state index is 0.0140. The SMILES string of the molecule is CC(C)Oc1ccccc1NS(=O)(=O)N1CCNCC1. The number of rotatable bonds is 5. The van der Waals surface area contributed by atoms with Crippen molar-refractivity contribution in [3.05, 3.63) is 24.3 Å². The van der Waals surface area contributed by atoms with Gasteiger partial charge in [-0.2, -0.15) is 12.7 Å². The second-order valence-corrected chi connectivity index (χ2v) is 6.59. The van der Waals surface area contributed by atoms with Crippen LogP contribution in [0.5, 0.6) is 5.75 Å². The van der Waals surface area contributed by atoms with Crippen LogP contribution in [-0.4, -0.2) is 45.0 Å². The zero-order valence-corrected chi connectivity index (χ0v) is 12.6. The highest BCUT2D eigenvalue weighted by molar-refractivity contribution is 7.90. The first-order valence-electron chi connectivity index (χ1n) is 6.73. The number of piperazine rings is 1. The van der Waals surface area contributed by atoms with Crippen LogP contribution in [0.4, 0.5) is 5.69 Å². The lowest BCUT2D eigenvalue weighted by molar-refractivity contribution is 0.244. The second kappa shape index (κ2) is 6.43. The lowest BCUT2D eigenvalue weighted by Gasteiger charge is -2.27. The van der Waals surface area contributed by atoms with Crippen molar-refractivity contribution in [2.24, 2.45) is 0 Å². The number of hydrogen-bond donors (Lipinski definition) is 2. The highest BCUT2D eigenvalue weighted by Gasteiger charge is 2.24. The van der Waals surface area contributed by atoms with Crippen molar-refractivity contribution in [3.8, 4) is 5.75 Å². The molecular formula is C13H21N3O3S. The minimum Gasteiger partial charge on any atom is -0.489 e. The molecule has 0 atom stereocenters. The Labute approximate surface area is 120 Å². The van der Waals surface area contributed by atoms with Crippen molar-refractivity contribution < 1.29 is 13.2 Å². The Morgan fingerprint density at radius 3 is 2.55 bits per heavy atom. The van der Waals surface area contributed by atoms with E-state index in [-0.39, 0.29) is 6.10 Å². The summed E-state index contributed by atoms with van der Waals surface area (Å²) in [5, 5.41) is 3.13. The van der Waals surface area contributed by atoms with Gasteiger partial charge in [-0.3, -0.25) is 4.72 Å². The lowest BCUT2D eigenvalue weighted by atomic mass is 10.3. The van der Waals surface area contributed by atoms with E-state index in [2.05, 4.69) is 10.0 Å². The van der Waals surface area contributed by atoms with Crippen molar-refractivity contribution in [3.63, 3.8) is 0 Å². The Bertz CT molecular complexity index is 540. The molecule has 112 valence electrons. The fourth-order valence-electron chi connectivity index (χ4n) is 2.00. The summed E-state index contributed by atoms with van der Waals surface area (Å²) < 4.78 is 34.3. The van der Waals surface area contributed by atoms with E-state index in [1.54, 1.807) is 18.2 Å². The summed E-state index contributed by atoms with van der Waals surface area (Å²) in [5.74, 6) is 0.543. The van der Waals surface area contributed by atoms with Gasteiger partial charge in [0.1, 0.15) is 5.75 Å². The molecule has 0 aliphatic carbocycles. The summed E-state index contributed by atoms with van der Waals surface area (Å²) in [5.41, 5.74) is 0.472.